The van der Waals surface area contributed by atoms with Crippen LogP contribution in [0.15, 0.2) is 49.1 Å². The summed E-state index contributed by atoms with van der Waals surface area (Å²) in [5.74, 6) is -0.217. The lowest BCUT2D eigenvalue weighted by molar-refractivity contribution is 0.626. The maximum atomic E-state index is 12.8. The van der Waals surface area contributed by atoms with Crippen LogP contribution in [0.2, 0.25) is 0 Å². The monoisotopic (exact) mass is 227 g/mol. The fraction of sp³-hybridized carbons (Fsp3) is 0.0769. The van der Waals surface area contributed by atoms with E-state index in [2.05, 4.69) is 9.97 Å². The predicted octanol–water partition coefficient (Wildman–Crippen LogP) is 2.62. The van der Waals surface area contributed by atoms with Crippen LogP contribution in [0.5, 0.6) is 0 Å². The van der Waals surface area contributed by atoms with Crippen molar-refractivity contribution in [3.8, 4) is 0 Å². The maximum absolute atomic E-state index is 12.8. The number of hydrogen-bond donors (Lipinski definition) is 0. The summed E-state index contributed by atoms with van der Waals surface area (Å²) < 4.78 is 14.8. The Balaban J connectivity index is 1.97. The summed E-state index contributed by atoms with van der Waals surface area (Å²) in [6.45, 7) is 0.669. The molecule has 0 amide bonds. The van der Waals surface area contributed by atoms with Gasteiger partial charge < -0.3 is 4.57 Å². The third-order valence-corrected chi connectivity index (χ3v) is 2.69. The Morgan fingerprint density at radius 1 is 1.12 bits per heavy atom. The van der Waals surface area contributed by atoms with Crippen LogP contribution >= 0.6 is 0 Å². The Bertz CT molecular complexity index is 643. The van der Waals surface area contributed by atoms with Gasteiger partial charge in [-0.1, -0.05) is 12.1 Å². The number of benzene rings is 1. The Labute approximate surface area is 97.6 Å². The summed E-state index contributed by atoms with van der Waals surface area (Å²) in [7, 11) is 0. The molecule has 0 aliphatic carbocycles. The fourth-order valence-corrected chi connectivity index (χ4v) is 1.82. The van der Waals surface area contributed by atoms with Gasteiger partial charge in [-0.05, 0) is 23.8 Å². The zero-order chi connectivity index (χ0) is 11.7. The molecule has 3 aromatic rings. The first-order valence-electron chi connectivity index (χ1n) is 5.32. The number of fused-ring (bicyclic) bond motifs is 1. The molecule has 0 unspecified atom stereocenters. The quantitative estimate of drug-likeness (QED) is 0.673. The Hall–Kier alpha value is -2.23. The van der Waals surface area contributed by atoms with Crippen molar-refractivity contribution in [2.24, 2.45) is 0 Å². The standard InChI is InChI=1S/C13H10FN3/c14-11-3-1-10(2-4-11)8-17-9-16-12-5-6-15-7-13(12)17/h1-7,9H,8H2. The van der Waals surface area contributed by atoms with Crippen LogP contribution < -0.4 is 0 Å². The third-order valence-electron chi connectivity index (χ3n) is 2.69. The highest BCUT2D eigenvalue weighted by Crippen LogP contribution is 2.13. The van der Waals surface area contributed by atoms with Gasteiger partial charge in [0.1, 0.15) is 5.82 Å². The van der Waals surface area contributed by atoms with Crippen molar-refractivity contribution < 1.29 is 4.39 Å². The molecule has 17 heavy (non-hydrogen) atoms. The van der Waals surface area contributed by atoms with Gasteiger partial charge in [-0.15, -0.1) is 0 Å². The van der Waals surface area contributed by atoms with Crippen molar-refractivity contribution in [2.45, 2.75) is 6.54 Å². The summed E-state index contributed by atoms with van der Waals surface area (Å²) in [4.78, 5) is 8.36. The number of hydrogen-bond acceptors (Lipinski definition) is 2. The Morgan fingerprint density at radius 3 is 2.76 bits per heavy atom. The van der Waals surface area contributed by atoms with Gasteiger partial charge in [-0.25, -0.2) is 9.37 Å². The second-order valence-electron chi connectivity index (χ2n) is 3.86. The van der Waals surface area contributed by atoms with E-state index in [1.165, 1.54) is 12.1 Å². The number of nitrogens with zero attached hydrogens (tertiary/aromatic N) is 3. The second-order valence-corrected chi connectivity index (χ2v) is 3.86. The van der Waals surface area contributed by atoms with Crippen molar-refractivity contribution in [1.29, 1.82) is 0 Å². The number of pyridine rings is 1. The SMILES string of the molecule is Fc1ccc(Cn2cnc3ccncc32)cc1. The van der Waals surface area contributed by atoms with Crippen molar-refractivity contribution in [2.75, 3.05) is 0 Å². The summed E-state index contributed by atoms with van der Waals surface area (Å²) >= 11 is 0. The van der Waals surface area contributed by atoms with Crippen molar-refractivity contribution in [1.82, 2.24) is 14.5 Å². The van der Waals surface area contributed by atoms with E-state index >= 15 is 0 Å². The molecule has 0 saturated carbocycles. The highest BCUT2D eigenvalue weighted by Gasteiger charge is 2.02. The Kier molecular flexibility index (Phi) is 2.33. The number of rotatable bonds is 2. The molecule has 0 radical (unpaired) electrons. The van der Waals surface area contributed by atoms with Crippen LogP contribution in [0, 0.1) is 5.82 Å². The molecule has 84 valence electrons. The summed E-state index contributed by atoms with van der Waals surface area (Å²) in [6.07, 6.45) is 5.28. The van der Waals surface area contributed by atoms with Gasteiger partial charge in [0.05, 0.1) is 23.6 Å². The topological polar surface area (TPSA) is 30.7 Å². The lowest BCUT2D eigenvalue weighted by Crippen LogP contribution is -1.97. The van der Waals surface area contributed by atoms with Gasteiger partial charge >= 0.3 is 0 Å². The van der Waals surface area contributed by atoms with E-state index in [1.54, 1.807) is 30.9 Å². The molecule has 3 rings (SSSR count). The van der Waals surface area contributed by atoms with E-state index in [4.69, 9.17) is 0 Å². The van der Waals surface area contributed by atoms with Gasteiger partial charge in [-0.3, -0.25) is 4.98 Å². The lowest BCUT2D eigenvalue weighted by Gasteiger charge is -2.03. The van der Waals surface area contributed by atoms with Crippen LogP contribution in [-0.4, -0.2) is 14.5 Å². The van der Waals surface area contributed by atoms with Crippen molar-refractivity contribution >= 4 is 11.0 Å². The average molecular weight is 227 g/mol. The summed E-state index contributed by atoms with van der Waals surface area (Å²) in [6, 6.07) is 8.35. The molecule has 4 heteroatoms. The molecule has 0 saturated heterocycles. The van der Waals surface area contributed by atoms with E-state index in [-0.39, 0.29) is 5.82 Å². The molecule has 1 aromatic carbocycles. The molecule has 0 spiro atoms. The second kappa shape index (κ2) is 3.97. The van der Waals surface area contributed by atoms with E-state index < -0.39 is 0 Å². The largest absolute Gasteiger partial charge is 0.325 e. The molecule has 0 fully saturated rings. The van der Waals surface area contributed by atoms with Crippen LogP contribution in [0.3, 0.4) is 0 Å². The summed E-state index contributed by atoms with van der Waals surface area (Å²) in [5.41, 5.74) is 2.94. The van der Waals surface area contributed by atoms with Crippen LogP contribution in [-0.2, 0) is 6.54 Å². The highest BCUT2D eigenvalue weighted by molar-refractivity contribution is 5.73. The zero-order valence-corrected chi connectivity index (χ0v) is 9.05. The third kappa shape index (κ3) is 1.89. The van der Waals surface area contributed by atoms with Gasteiger partial charge in [0, 0.05) is 12.7 Å². The maximum Gasteiger partial charge on any atom is 0.123 e. The molecule has 0 aliphatic rings. The van der Waals surface area contributed by atoms with Crippen LogP contribution in [0.4, 0.5) is 4.39 Å². The Morgan fingerprint density at radius 2 is 1.94 bits per heavy atom. The van der Waals surface area contributed by atoms with Crippen LogP contribution in [0.25, 0.3) is 11.0 Å². The van der Waals surface area contributed by atoms with Gasteiger partial charge in [0.25, 0.3) is 0 Å². The molecular weight excluding hydrogens is 217 g/mol. The lowest BCUT2D eigenvalue weighted by atomic mass is 10.2. The van der Waals surface area contributed by atoms with Crippen LogP contribution in [0.1, 0.15) is 5.56 Å². The molecule has 0 N–H and O–H groups in total. The van der Waals surface area contributed by atoms with Gasteiger partial charge in [-0.2, -0.15) is 0 Å². The summed E-state index contributed by atoms with van der Waals surface area (Å²) in [5, 5.41) is 0. The number of halogens is 1. The smallest absolute Gasteiger partial charge is 0.123 e. The molecule has 0 aliphatic heterocycles. The minimum atomic E-state index is -0.217. The first-order valence-corrected chi connectivity index (χ1v) is 5.32. The van der Waals surface area contributed by atoms with Gasteiger partial charge in [0.2, 0.25) is 0 Å². The van der Waals surface area contributed by atoms with Gasteiger partial charge in [0.15, 0.2) is 0 Å². The molecule has 3 nitrogen and oxygen atoms in total. The minimum absolute atomic E-state index is 0.217. The normalized spacial score (nSPS) is 10.9. The first-order chi connectivity index (χ1) is 8.33. The van der Waals surface area contributed by atoms with E-state index in [1.807, 2.05) is 10.6 Å². The molecular formula is C13H10FN3. The number of imidazole rings is 1. The van der Waals surface area contributed by atoms with Crippen molar-refractivity contribution in [3.05, 3.63) is 60.4 Å². The van der Waals surface area contributed by atoms with E-state index in [0.717, 1.165) is 16.6 Å². The van der Waals surface area contributed by atoms with E-state index in [0.29, 0.717) is 6.54 Å². The highest BCUT2D eigenvalue weighted by atomic mass is 19.1. The average Bonchev–Trinajstić information content (AvgIpc) is 2.76. The number of aromatic nitrogens is 3. The fourth-order valence-electron chi connectivity index (χ4n) is 1.82. The van der Waals surface area contributed by atoms with Crippen molar-refractivity contribution in [3.63, 3.8) is 0 Å². The van der Waals surface area contributed by atoms with E-state index in [9.17, 15) is 4.39 Å². The molecule has 2 heterocycles. The first kappa shape index (κ1) is 9.96. The molecule has 0 atom stereocenters. The molecule has 0 bridgehead atoms. The predicted molar refractivity (Wildman–Crippen MR) is 63.0 cm³/mol. The molecule has 2 aromatic heterocycles. The minimum Gasteiger partial charge on any atom is -0.325 e. The zero-order valence-electron chi connectivity index (χ0n) is 9.05.